The van der Waals surface area contributed by atoms with Crippen molar-refractivity contribution in [2.45, 2.75) is 0 Å². The van der Waals surface area contributed by atoms with Gasteiger partial charge in [0.05, 0.1) is 17.1 Å². The van der Waals surface area contributed by atoms with Crippen molar-refractivity contribution in [1.29, 1.82) is 0 Å². The number of hydrogen-bond acceptors (Lipinski definition) is 7. The van der Waals surface area contributed by atoms with E-state index in [0.29, 0.717) is 11.4 Å². The Balaban J connectivity index is 1.41. The molecule has 2 aromatic carbocycles. The van der Waals surface area contributed by atoms with Crippen LogP contribution in [0.4, 0.5) is 4.79 Å². The minimum Gasteiger partial charge on any atom is -0.451 e. The number of hydrogen-bond donors (Lipinski definition) is 1. The molecule has 10 heteroatoms. The highest BCUT2D eigenvalue weighted by Gasteiger charge is 2.29. The van der Waals surface area contributed by atoms with Crippen LogP contribution in [0.1, 0.15) is 10.5 Å². The van der Waals surface area contributed by atoms with Gasteiger partial charge in [0, 0.05) is 18.7 Å². The highest BCUT2D eigenvalue weighted by atomic mass is 32.2. The number of aromatic nitrogens is 2. The first-order valence-electron chi connectivity index (χ1n) is 10.1. The molecule has 9 nitrogen and oxygen atoms in total. The molecule has 168 valence electrons. The third-order valence-corrected chi connectivity index (χ3v) is 5.68. The van der Waals surface area contributed by atoms with Gasteiger partial charge in [-0.2, -0.15) is 5.10 Å². The number of amides is 3. The quantitative estimate of drug-likeness (QED) is 0.510. The van der Waals surface area contributed by atoms with Gasteiger partial charge in [0.2, 0.25) is 5.91 Å². The molecule has 4 rings (SSSR count). The van der Waals surface area contributed by atoms with E-state index in [2.05, 4.69) is 10.4 Å². The van der Waals surface area contributed by atoms with Crippen molar-refractivity contribution in [2.75, 3.05) is 25.4 Å². The third kappa shape index (κ3) is 5.29. The van der Waals surface area contributed by atoms with Crippen molar-refractivity contribution in [3.8, 4) is 16.9 Å². The normalized spacial score (nSPS) is 13.3. The lowest BCUT2D eigenvalue weighted by atomic mass is 10.1. The van der Waals surface area contributed by atoms with Crippen molar-refractivity contribution in [2.24, 2.45) is 0 Å². The smallest absolute Gasteiger partial charge is 0.357 e. The predicted octanol–water partition coefficient (Wildman–Crippen LogP) is 2.51. The maximum atomic E-state index is 12.8. The summed E-state index contributed by atoms with van der Waals surface area (Å²) >= 11 is 0.931. The molecular formula is C23H20N4O5S. The Morgan fingerprint density at radius 2 is 1.73 bits per heavy atom. The molecule has 0 unspecified atom stereocenters. The first-order chi connectivity index (χ1) is 16.0. The Morgan fingerprint density at radius 1 is 1.03 bits per heavy atom. The molecule has 0 atom stereocenters. The molecule has 0 bridgehead atoms. The molecule has 0 spiro atoms. The van der Waals surface area contributed by atoms with Crippen LogP contribution in [-0.4, -0.2) is 63.2 Å². The van der Waals surface area contributed by atoms with Gasteiger partial charge in [-0.25, -0.2) is 9.48 Å². The summed E-state index contributed by atoms with van der Waals surface area (Å²) in [6.45, 7) is -0.351. The maximum absolute atomic E-state index is 12.8. The Bertz CT molecular complexity index is 1160. The van der Waals surface area contributed by atoms with E-state index in [1.165, 1.54) is 4.68 Å². The summed E-state index contributed by atoms with van der Waals surface area (Å²) in [6.07, 6.45) is 0. The molecule has 1 aromatic heterocycles. The molecular weight excluding hydrogens is 444 g/mol. The van der Waals surface area contributed by atoms with Crippen LogP contribution in [0.25, 0.3) is 16.9 Å². The van der Waals surface area contributed by atoms with E-state index in [0.717, 1.165) is 22.2 Å². The lowest BCUT2D eigenvalue weighted by Crippen LogP contribution is -2.38. The molecule has 33 heavy (non-hydrogen) atoms. The van der Waals surface area contributed by atoms with Gasteiger partial charge in [-0.05, 0) is 18.2 Å². The van der Waals surface area contributed by atoms with Crippen molar-refractivity contribution in [3.63, 3.8) is 0 Å². The summed E-state index contributed by atoms with van der Waals surface area (Å²) in [5, 5.41) is 6.76. The highest BCUT2D eigenvalue weighted by molar-refractivity contribution is 8.14. The zero-order valence-corrected chi connectivity index (χ0v) is 18.3. The molecule has 0 radical (unpaired) electrons. The second-order valence-corrected chi connectivity index (χ2v) is 7.98. The largest absolute Gasteiger partial charge is 0.451 e. The van der Waals surface area contributed by atoms with E-state index in [4.69, 9.17) is 4.74 Å². The number of nitrogens with one attached hydrogen (secondary N) is 1. The Morgan fingerprint density at radius 3 is 2.39 bits per heavy atom. The van der Waals surface area contributed by atoms with E-state index >= 15 is 0 Å². The van der Waals surface area contributed by atoms with Gasteiger partial charge in [-0.3, -0.25) is 19.3 Å². The van der Waals surface area contributed by atoms with Gasteiger partial charge in [0.25, 0.3) is 11.1 Å². The van der Waals surface area contributed by atoms with Gasteiger partial charge in [0.15, 0.2) is 12.3 Å². The average Bonchev–Trinajstić information content (AvgIpc) is 3.43. The van der Waals surface area contributed by atoms with Gasteiger partial charge >= 0.3 is 5.97 Å². The zero-order chi connectivity index (χ0) is 23.2. The van der Waals surface area contributed by atoms with Crippen LogP contribution < -0.4 is 5.32 Å². The van der Waals surface area contributed by atoms with E-state index in [9.17, 15) is 19.2 Å². The summed E-state index contributed by atoms with van der Waals surface area (Å²) in [5.41, 5.74) is 2.28. The van der Waals surface area contributed by atoms with Crippen LogP contribution in [0.2, 0.25) is 0 Å². The standard InChI is InChI=1S/C23H20N4O5S/c28-20(24-11-12-26-21(29)15-33-23(26)31)14-32-22(30)19-13-18(16-7-3-1-4-8-16)25-27(19)17-9-5-2-6-10-17/h1-10,13H,11-12,14-15H2,(H,24,28). The van der Waals surface area contributed by atoms with E-state index in [1.54, 1.807) is 6.07 Å². The number of para-hydroxylation sites is 1. The first-order valence-corrected chi connectivity index (χ1v) is 11.1. The van der Waals surface area contributed by atoms with Crippen LogP contribution in [0, 0.1) is 0 Å². The number of rotatable bonds is 8. The Kier molecular flexibility index (Phi) is 6.84. The van der Waals surface area contributed by atoms with Crippen LogP contribution in [0.3, 0.4) is 0 Å². The Hall–Kier alpha value is -3.92. The van der Waals surface area contributed by atoms with Crippen LogP contribution >= 0.6 is 11.8 Å². The Labute approximate surface area is 193 Å². The molecule has 0 saturated carbocycles. The summed E-state index contributed by atoms with van der Waals surface area (Å²) in [7, 11) is 0. The van der Waals surface area contributed by atoms with E-state index < -0.39 is 18.5 Å². The van der Waals surface area contributed by atoms with Gasteiger partial charge in [-0.15, -0.1) is 0 Å². The maximum Gasteiger partial charge on any atom is 0.357 e. The third-order valence-electron chi connectivity index (χ3n) is 4.82. The average molecular weight is 465 g/mol. The molecule has 1 saturated heterocycles. The van der Waals surface area contributed by atoms with E-state index in [-0.39, 0.29) is 35.7 Å². The molecule has 1 aliphatic rings. The SMILES string of the molecule is O=C(COC(=O)c1cc(-c2ccccc2)nn1-c1ccccc1)NCCN1C(=O)CSC1=O. The summed E-state index contributed by atoms with van der Waals surface area (Å²) in [5.74, 6) is -1.41. The summed E-state index contributed by atoms with van der Waals surface area (Å²) < 4.78 is 6.68. The fourth-order valence-corrected chi connectivity index (χ4v) is 3.95. The second-order valence-electron chi connectivity index (χ2n) is 7.05. The van der Waals surface area contributed by atoms with Crippen LogP contribution in [0.15, 0.2) is 66.7 Å². The van der Waals surface area contributed by atoms with Crippen LogP contribution in [0.5, 0.6) is 0 Å². The number of carbonyl (C=O) groups is 4. The van der Waals surface area contributed by atoms with Crippen LogP contribution in [-0.2, 0) is 14.3 Å². The second kappa shape index (κ2) is 10.1. The highest BCUT2D eigenvalue weighted by Crippen LogP contribution is 2.22. The van der Waals surface area contributed by atoms with Crippen molar-refractivity contribution in [3.05, 3.63) is 72.4 Å². The molecule has 3 amide bonds. The molecule has 3 aromatic rings. The lowest BCUT2D eigenvalue weighted by molar-refractivity contribution is -0.126. The lowest BCUT2D eigenvalue weighted by Gasteiger charge is -2.13. The fourth-order valence-electron chi connectivity index (χ4n) is 3.20. The number of nitrogens with zero attached hydrogens (tertiary/aromatic N) is 3. The van der Waals surface area contributed by atoms with Gasteiger partial charge in [0.1, 0.15) is 0 Å². The first kappa shape index (κ1) is 22.3. The summed E-state index contributed by atoms with van der Waals surface area (Å²) in [6, 6.07) is 20.2. The molecule has 1 aliphatic heterocycles. The van der Waals surface area contributed by atoms with Crippen molar-refractivity contribution < 1.29 is 23.9 Å². The zero-order valence-electron chi connectivity index (χ0n) is 17.5. The predicted molar refractivity (Wildman–Crippen MR) is 122 cm³/mol. The van der Waals surface area contributed by atoms with E-state index in [1.807, 2.05) is 60.7 Å². The summed E-state index contributed by atoms with van der Waals surface area (Å²) in [4.78, 5) is 49.1. The fraction of sp³-hybridized carbons (Fsp3) is 0.174. The molecule has 2 heterocycles. The monoisotopic (exact) mass is 464 g/mol. The number of ether oxygens (including phenoxy) is 1. The number of benzene rings is 2. The van der Waals surface area contributed by atoms with Crippen molar-refractivity contribution in [1.82, 2.24) is 20.0 Å². The molecule has 1 fully saturated rings. The molecule has 1 N–H and O–H groups in total. The van der Waals surface area contributed by atoms with Gasteiger partial charge < -0.3 is 10.1 Å². The number of carbonyl (C=O) groups excluding carboxylic acids is 4. The molecule has 0 aliphatic carbocycles. The number of imide groups is 1. The van der Waals surface area contributed by atoms with Crippen molar-refractivity contribution >= 4 is 34.8 Å². The number of esters is 1. The minimum absolute atomic E-state index is 0.0750. The number of thioether (sulfide) groups is 1. The minimum atomic E-state index is -0.704. The van der Waals surface area contributed by atoms with Gasteiger partial charge in [-0.1, -0.05) is 60.3 Å². The topological polar surface area (TPSA) is 111 Å².